The van der Waals surface area contributed by atoms with E-state index in [9.17, 15) is 4.39 Å². The summed E-state index contributed by atoms with van der Waals surface area (Å²) in [6, 6.07) is 12.7. The van der Waals surface area contributed by atoms with Crippen molar-refractivity contribution >= 4 is 11.6 Å². The topological polar surface area (TPSA) is 0 Å². The summed E-state index contributed by atoms with van der Waals surface area (Å²) >= 11 is 5.68. The van der Waals surface area contributed by atoms with Gasteiger partial charge in [0.25, 0.3) is 0 Å². The Hall–Kier alpha value is -1.78. The zero-order chi connectivity index (χ0) is 14.4. The van der Waals surface area contributed by atoms with Crippen LogP contribution < -0.4 is 0 Å². The van der Waals surface area contributed by atoms with Gasteiger partial charge < -0.3 is 0 Å². The highest BCUT2D eigenvalue weighted by Crippen LogP contribution is 2.24. The minimum Gasteiger partial charge on any atom is -0.205 e. The summed E-state index contributed by atoms with van der Waals surface area (Å²) < 4.78 is 13.4. The smallest absolute Gasteiger partial charge is 0.142 e. The first kappa shape index (κ1) is 14.6. The largest absolute Gasteiger partial charge is 0.205 e. The van der Waals surface area contributed by atoms with E-state index < -0.39 is 5.82 Å². The Balaban J connectivity index is 2.14. The summed E-state index contributed by atoms with van der Waals surface area (Å²) in [5.74, 6) is 5.89. The lowest BCUT2D eigenvalue weighted by atomic mass is 10.0. The van der Waals surface area contributed by atoms with E-state index in [-0.39, 0.29) is 5.02 Å². The van der Waals surface area contributed by atoms with E-state index in [1.54, 1.807) is 6.07 Å². The molecule has 0 aromatic heterocycles. The minimum absolute atomic E-state index is 0.146. The minimum atomic E-state index is -0.396. The van der Waals surface area contributed by atoms with Crippen molar-refractivity contribution < 1.29 is 4.39 Å². The Labute approximate surface area is 124 Å². The van der Waals surface area contributed by atoms with Crippen LogP contribution >= 0.6 is 11.6 Å². The molecule has 2 aromatic rings. The molecule has 2 heteroatoms. The lowest BCUT2D eigenvalue weighted by molar-refractivity contribution is 0.629. The van der Waals surface area contributed by atoms with E-state index in [1.807, 2.05) is 30.3 Å². The van der Waals surface area contributed by atoms with Crippen molar-refractivity contribution in [2.45, 2.75) is 26.2 Å². The van der Waals surface area contributed by atoms with Crippen molar-refractivity contribution in [1.29, 1.82) is 0 Å². The van der Waals surface area contributed by atoms with Gasteiger partial charge in [0.15, 0.2) is 0 Å². The molecule has 2 aromatic carbocycles. The van der Waals surface area contributed by atoms with Crippen LogP contribution in [0.25, 0.3) is 11.1 Å². The Kier molecular flexibility index (Phi) is 5.21. The first-order chi connectivity index (χ1) is 9.70. The van der Waals surface area contributed by atoms with Crippen molar-refractivity contribution in [2.75, 3.05) is 0 Å². The van der Waals surface area contributed by atoms with E-state index in [2.05, 4.69) is 18.8 Å². The molecular weight excluding hydrogens is 271 g/mol. The molecule has 0 amide bonds. The van der Waals surface area contributed by atoms with Crippen LogP contribution in [-0.4, -0.2) is 0 Å². The van der Waals surface area contributed by atoms with Gasteiger partial charge in [-0.1, -0.05) is 55.0 Å². The third-order valence-electron chi connectivity index (χ3n) is 3.03. The molecular formula is C18H16ClF. The normalized spacial score (nSPS) is 9.95. The highest BCUT2D eigenvalue weighted by molar-refractivity contribution is 6.30. The van der Waals surface area contributed by atoms with Gasteiger partial charge in [0.1, 0.15) is 5.82 Å². The SMILES string of the molecule is CCCCC#Cc1ccc(-c2ccc(Cl)c(F)c2)cc1. The zero-order valence-electron chi connectivity index (χ0n) is 11.4. The first-order valence-electron chi connectivity index (χ1n) is 6.75. The molecule has 0 aliphatic carbocycles. The third kappa shape index (κ3) is 3.85. The van der Waals surface area contributed by atoms with Crippen molar-refractivity contribution in [1.82, 2.24) is 0 Å². The van der Waals surface area contributed by atoms with Gasteiger partial charge in [-0.25, -0.2) is 4.39 Å². The Bertz CT molecular complexity index is 633. The standard InChI is InChI=1S/C18H16ClF/c1-2-3-4-5-6-14-7-9-15(10-8-14)16-11-12-17(19)18(20)13-16/h7-13H,2-4H2,1H3. The molecule has 0 atom stereocenters. The molecule has 0 fully saturated rings. The van der Waals surface area contributed by atoms with Crippen LogP contribution in [0.2, 0.25) is 5.02 Å². The second kappa shape index (κ2) is 7.12. The fraction of sp³-hybridized carbons (Fsp3) is 0.222. The number of benzene rings is 2. The summed E-state index contributed by atoms with van der Waals surface area (Å²) in [4.78, 5) is 0. The summed E-state index contributed by atoms with van der Waals surface area (Å²) in [5, 5.41) is 0.146. The molecule has 0 bridgehead atoms. The van der Waals surface area contributed by atoms with Gasteiger partial charge >= 0.3 is 0 Å². The number of hydrogen-bond acceptors (Lipinski definition) is 0. The lowest BCUT2D eigenvalue weighted by Crippen LogP contribution is -1.82. The lowest BCUT2D eigenvalue weighted by Gasteiger charge is -2.03. The van der Waals surface area contributed by atoms with Crippen molar-refractivity contribution in [3.63, 3.8) is 0 Å². The van der Waals surface area contributed by atoms with Gasteiger partial charge in [0.05, 0.1) is 5.02 Å². The van der Waals surface area contributed by atoms with E-state index in [1.165, 1.54) is 6.07 Å². The second-order valence-corrected chi connectivity index (χ2v) is 5.02. The summed E-state index contributed by atoms with van der Waals surface area (Å²) in [6.45, 7) is 2.15. The van der Waals surface area contributed by atoms with Crippen molar-refractivity contribution in [3.8, 4) is 23.0 Å². The predicted molar refractivity (Wildman–Crippen MR) is 83.2 cm³/mol. The maximum Gasteiger partial charge on any atom is 0.142 e. The number of hydrogen-bond donors (Lipinski definition) is 0. The first-order valence-corrected chi connectivity index (χ1v) is 7.13. The highest BCUT2D eigenvalue weighted by Gasteiger charge is 2.02. The maximum atomic E-state index is 13.4. The Morgan fingerprint density at radius 3 is 2.40 bits per heavy atom. The molecule has 0 aliphatic heterocycles. The van der Waals surface area contributed by atoms with E-state index in [0.29, 0.717) is 0 Å². The van der Waals surface area contributed by atoms with Crippen LogP contribution in [0.15, 0.2) is 42.5 Å². The molecule has 102 valence electrons. The Morgan fingerprint density at radius 2 is 1.75 bits per heavy atom. The van der Waals surface area contributed by atoms with Crippen molar-refractivity contribution in [3.05, 3.63) is 58.9 Å². The summed E-state index contributed by atoms with van der Waals surface area (Å²) in [6.07, 6.45) is 3.23. The quantitative estimate of drug-likeness (QED) is 0.502. The number of halogens is 2. The fourth-order valence-corrected chi connectivity index (χ4v) is 1.97. The van der Waals surface area contributed by atoms with Crippen LogP contribution in [-0.2, 0) is 0 Å². The van der Waals surface area contributed by atoms with E-state index in [4.69, 9.17) is 11.6 Å². The molecule has 0 saturated heterocycles. The molecule has 0 spiro atoms. The maximum absolute atomic E-state index is 13.4. The molecule has 0 heterocycles. The van der Waals surface area contributed by atoms with Crippen LogP contribution in [0.3, 0.4) is 0 Å². The number of rotatable bonds is 3. The van der Waals surface area contributed by atoms with Gasteiger partial charge in [-0.15, -0.1) is 0 Å². The van der Waals surface area contributed by atoms with Gasteiger partial charge in [-0.3, -0.25) is 0 Å². The molecule has 0 nitrogen and oxygen atoms in total. The van der Waals surface area contributed by atoms with Crippen LogP contribution in [0.4, 0.5) is 4.39 Å². The van der Waals surface area contributed by atoms with Crippen molar-refractivity contribution in [2.24, 2.45) is 0 Å². The number of unbranched alkanes of at least 4 members (excludes halogenated alkanes) is 2. The molecule has 0 saturated carbocycles. The van der Waals surface area contributed by atoms with E-state index in [0.717, 1.165) is 36.0 Å². The third-order valence-corrected chi connectivity index (χ3v) is 3.33. The monoisotopic (exact) mass is 286 g/mol. The van der Waals surface area contributed by atoms with Gasteiger partial charge in [-0.05, 0) is 41.8 Å². The predicted octanol–water partition coefficient (Wildman–Crippen LogP) is 5.69. The molecule has 0 radical (unpaired) electrons. The second-order valence-electron chi connectivity index (χ2n) is 4.61. The Morgan fingerprint density at radius 1 is 1.05 bits per heavy atom. The molecule has 0 N–H and O–H groups in total. The van der Waals surface area contributed by atoms with E-state index >= 15 is 0 Å². The van der Waals surface area contributed by atoms with Gasteiger partial charge in [0.2, 0.25) is 0 Å². The average molecular weight is 287 g/mol. The fourth-order valence-electron chi connectivity index (χ4n) is 1.85. The molecule has 0 aliphatic rings. The van der Waals surface area contributed by atoms with Gasteiger partial charge in [-0.2, -0.15) is 0 Å². The molecule has 2 rings (SSSR count). The summed E-state index contributed by atoms with van der Waals surface area (Å²) in [7, 11) is 0. The van der Waals surface area contributed by atoms with Crippen LogP contribution in [0.1, 0.15) is 31.7 Å². The average Bonchev–Trinajstić information content (AvgIpc) is 2.47. The van der Waals surface area contributed by atoms with Crippen LogP contribution in [0.5, 0.6) is 0 Å². The van der Waals surface area contributed by atoms with Crippen LogP contribution in [0, 0.1) is 17.7 Å². The zero-order valence-corrected chi connectivity index (χ0v) is 12.2. The summed E-state index contributed by atoms with van der Waals surface area (Å²) in [5.41, 5.74) is 2.76. The van der Waals surface area contributed by atoms with Gasteiger partial charge in [0, 0.05) is 12.0 Å². The molecule has 0 unspecified atom stereocenters. The highest BCUT2D eigenvalue weighted by atomic mass is 35.5. The molecule has 20 heavy (non-hydrogen) atoms.